The van der Waals surface area contributed by atoms with Crippen LogP contribution in [0.3, 0.4) is 0 Å². The monoisotopic (exact) mass is 398 g/mol. The summed E-state index contributed by atoms with van der Waals surface area (Å²) in [5.74, 6) is -0.447. The molecular weight excluding hydrogens is 368 g/mol. The van der Waals surface area contributed by atoms with Gasteiger partial charge in [0.15, 0.2) is 11.9 Å². The second-order valence-corrected chi connectivity index (χ2v) is 8.71. The smallest absolute Gasteiger partial charge is 0.335 e. The number of carbonyl (C=O) groups is 2. The first-order valence-corrected chi connectivity index (χ1v) is 10.3. The molecule has 1 fully saturated rings. The summed E-state index contributed by atoms with van der Waals surface area (Å²) in [6.45, 7) is 6.52. The Morgan fingerprint density at radius 3 is 2.55 bits per heavy atom. The summed E-state index contributed by atoms with van der Waals surface area (Å²) in [4.78, 5) is 24.7. The van der Waals surface area contributed by atoms with E-state index in [1.54, 1.807) is 6.07 Å². The Morgan fingerprint density at radius 1 is 1.17 bits per heavy atom. The zero-order valence-electron chi connectivity index (χ0n) is 17.3. The fraction of sp³-hybridized carbons (Fsp3) is 0.500. The van der Waals surface area contributed by atoms with Crippen LogP contribution in [0.4, 0.5) is 0 Å². The van der Waals surface area contributed by atoms with E-state index >= 15 is 0 Å². The van der Waals surface area contributed by atoms with Crippen molar-refractivity contribution in [3.63, 3.8) is 0 Å². The molecule has 156 valence electrons. The number of esters is 1. The van der Waals surface area contributed by atoms with Gasteiger partial charge in [-0.3, -0.25) is 4.79 Å². The first-order chi connectivity index (χ1) is 13.8. The van der Waals surface area contributed by atoms with Crippen molar-refractivity contribution in [1.29, 1.82) is 0 Å². The Balaban J connectivity index is 1.70. The van der Waals surface area contributed by atoms with E-state index in [9.17, 15) is 14.7 Å². The number of furan rings is 1. The number of carbonyl (C=O) groups excluding carboxylic acids is 2. The zero-order valence-corrected chi connectivity index (χ0v) is 17.3. The third kappa shape index (κ3) is 4.96. The van der Waals surface area contributed by atoms with Crippen LogP contribution in [0.5, 0.6) is 0 Å². The predicted molar refractivity (Wildman–Crippen MR) is 110 cm³/mol. The maximum absolute atomic E-state index is 12.6. The van der Waals surface area contributed by atoms with Crippen molar-refractivity contribution in [2.24, 2.45) is 11.8 Å². The van der Waals surface area contributed by atoms with Crippen molar-refractivity contribution >= 4 is 11.8 Å². The molecule has 1 aromatic heterocycles. The lowest BCUT2D eigenvalue weighted by molar-refractivity contribution is -0.166. The number of Topliss-reactive ketones (excluding diaryl/α,β-unsaturated/α-hetero) is 1. The second kappa shape index (κ2) is 8.95. The number of benzene rings is 1. The molecule has 1 N–H and O–H groups in total. The maximum atomic E-state index is 12.6. The van der Waals surface area contributed by atoms with E-state index < -0.39 is 17.9 Å². The molecule has 0 saturated heterocycles. The zero-order chi connectivity index (χ0) is 21.0. The molecule has 1 aromatic carbocycles. The van der Waals surface area contributed by atoms with Crippen LogP contribution in [0.2, 0.25) is 0 Å². The van der Waals surface area contributed by atoms with Crippen LogP contribution in [0, 0.1) is 11.8 Å². The molecule has 1 aliphatic rings. The van der Waals surface area contributed by atoms with Crippen LogP contribution in [0.25, 0.3) is 0 Å². The molecule has 0 radical (unpaired) electrons. The number of aliphatic hydroxyl groups is 1. The summed E-state index contributed by atoms with van der Waals surface area (Å²) < 4.78 is 10.8. The summed E-state index contributed by atoms with van der Waals surface area (Å²) in [7, 11) is 0. The van der Waals surface area contributed by atoms with E-state index in [2.05, 4.69) is 32.9 Å². The highest BCUT2D eigenvalue weighted by molar-refractivity contribution is 5.96. The molecule has 5 nitrogen and oxygen atoms in total. The van der Waals surface area contributed by atoms with Crippen LogP contribution >= 0.6 is 0 Å². The predicted octanol–water partition coefficient (Wildman–Crippen LogP) is 4.54. The van der Waals surface area contributed by atoms with E-state index in [-0.39, 0.29) is 29.6 Å². The Kier molecular flexibility index (Phi) is 6.58. The molecule has 0 spiro atoms. The quantitative estimate of drug-likeness (QED) is 0.547. The minimum atomic E-state index is -1.50. The van der Waals surface area contributed by atoms with Gasteiger partial charge in [0, 0.05) is 5.92 Å². The third-order valence-corrected chi connectivity index (χ3v) is 6.21. The first kappa shape index (κ1) is 21.3. The molecule has 5 heteroatoms. The normalized spacial score (nSPS) is 23.4. The molecule has 1 aliphatic carbocycles. The Labute approximate surface area is 172 Å². The number of hydrogen-bond donors (Lipinski definition) is 1. The number of ether oxygens (including phenoxy) is 1. The lowest BCUT2D eigenvalue weighted by Crippen LogP contribution is -2.44. The molecule has 3 rings (SSSR count). The molecular formula is C24H30O5. The van der Waals surface area contributed by atoms with Crippen molar-refractivity contribution in [1.82, 2.24) is 0 Å². The number of rotatable bonds is 7. The van der Waals surface area contributed by atoms with Gasteiger partial charge in [0.25, 0.3) is 0 Å². The Hall–Kier alpha value is -2.40. The van der Waals surface area contributed by atoms with Gasteiger partial charge in [-0.2, -0.15) is 0 Å². The van der Waals surface area contributed by atoms with E-state index in [1.807, 2.05) is 18.2 Å². The Bertz CT molecular complexity index is 809. The van der Waals surface area contributed by atoms with Gasteiger partial charge < -0.3 is 14.3 Å². The summed E-state index contributed by atoms with van der Waals surface area (Å²) in [6, 6.07) is 13.4. The highest BCUT2D eigenvalue weighted by Crippen LogP contribution is 2.43. The van der Waals surface area contributed by atoms with Crippen molar-refractivity contribution in [3.05, 3.63) is 60.1 Å². The fourth-order valence-electron chi connectivity index (χ4n) is 4.39. The highest BCUT2D eigenvalue weighted by atomic mass is 16.6. The Morgan fingerprint density at radius 2 is 1.90 bits per heavy atom. The summed E-state index contributed by atoms with van der Waals surface area (Å²) in [5, 5.41) is 10.3. The van der Waals surface area contributed by atoms with Gasteiger partial charge in [0.2, 0.25) is 5.78 Å². The van der Waals surface area contributed by atoms with Gasteiger partial charge in [0.1, 0.15) is 6.10 Å². The number of hydrogen-bond acceptors (Lipinski definition) is 5. The molecule has 0 bridgehead atoms. The van der Waals surface area contributed by atoms with Gasteiger partial charge in [0.05, 0.1) is 12.7 Å². The van der Waals surface area contributed by atoms with Gasteiger partial charge in [-0.15, -0.1) is 0 Å². The average Bonchev–Trinajstić information content (AvgIpc) is 3.23. The number of aliphatic hydroxyl groups excluding tert-OH is 1. The molecule has 1 saturated carbocycles. The van der Waals surface area contributed by atoms with Crippen LogP contribution in [0.15, 0.2) is 53.1 Å². The second-order valence-electron chi connectivity index (χ2n) is 8.71. The lowest BCUT2D eigenvalue weighted by Gasteiger charge is -2.44. The van der Waals surface area contributed by atoms with Gasteiger partial charge in [-0.1, -0.05) is 57.5 Å². The summed E-state index contributed by atoms with van der Waals surface area (Å²) in [6.07, 6.45) is 2.03. The molecule has 0 aliphatic heterocycles. The lowest BCUT2D eigenvalue weighted by atomic mass is 9.64. The molecule has 2 aromatic rings. The maximum Gasteiger partial charge on any atom is 0.335 e. The van der Waals surface area contributed by atoms with E-state index in [0.29, 0.717) is 5.92 Å². The molecule has 1 heterocycles. The average molecular weight is 398 g/mol. The van der Waals surface area contributed by atoms with Crippen molar-refractivity contribution < 1.29 is 23.8 Å². The van der Waals surface area contributed by atoms with Crippen LogP contribution in [-0.4, -0.2) is 29.1 Å². The molecule has 0 unspecified atom stereocenters. The van der Waals surface area contributed by atoms with Crippen molar-refractivity contribution in [3.8, 4) is 0 Å². The molecule has 0 amide bonds. The van der Waals surface area contributed by atoms with Crippen LogP contribution < -0.4 is 0 Å². The summed E-state index contributed by atoms with van der Waals surface area (Å²) >= 11 is 0. The minimum Gasteiger partial charge on any atom is -0.461 e. The fourth-order valence-corrected chi connectivity index (χ4v) is 4.39. The van der Waals surface area contributed by atoms with Crippen molar-refractivity contribution in [2.45, 2.75) is 64.1 Å². The van der Waals surface area contributed by atoms with Gasteiger partial charge >= 0.3 is 5.97 Å². The van der Waals surface area contributed by atoms with Crippen LogP contribution in [-0.2, 0) is 14.9 Å². The third-order valence-electron chi connectivity index (χ3n) is 6.21. The van der Waals surface area contributed by atoms with Gasteiger partial charge in [-0.25, -0.2) is 4.79 Å². The topological polar surface area (TPSA) is 76.7 Å². The van der Waals surface area contributed by atoms with Gasteiger partial charge in [-0.05, 0) is 41.9 Å². The molecule has 29 heavy (non-hydrogen) atoms. The van der Waals surface area contributed by atoms with Crippen LogP contribution in [0.1, 0.15) is 62.6 Å². The minimum absolute atomic E-state index is 0.131. The first-order valence-electron chi connectivity index (χ1n) is 10.3. The SMILES string of the molecule is C[C@@H]1CC[C@@H](C(C)(C)c2ccccc2)[C@H](OC(=O)[C@@H](O)CC(=O)c2ccco2)C1. The van der Waals surface area contributed by atoms with E-state index in [4.69, 9.17) is 9.15 Å². The summed E-state index contributed by atoms with van der Waals surface area (Å²) in [5.41, 5.74) is 1.02. The van der Waals surface area contributed by atoms with Crippen molar-refractivity contribution in [2.75, 3.05) is 0 Å². The van der Waals surface area contributed by atoms with E-state index in [0.717, 1.165) is 19.3 Å². The standard InChI is InChI=1S/C24H30O5/c1-16-11-12-18(24(2,3)17-8-5-4-6-9-17)22(14-16)29-23(27)20(26)15-19(25)21-10-7-13-28-21/h4-10,13,16,18,20,22,26H,11-12,14-15H2,1-3H3/t16-,18-,20+,22-/m1/s1. The number of ketones is 1. The highest BCUT2D eigenvalue weighted by Gasteiger charge is 2.42. The molecule has 4 atom stereocenters. The van der Waals surface area contributed by atoms with E-state index in [1.165, 1.54) is 17.9 Å². The largest absolute Gasteiger partial charge is 0.461 e.